The van der Waals surface area contributed by atoms with Crippen molar-refractivity contribution >= 4 is 34.4 Å². The number of aromatic amines is 2. The number of piperazine rings is 1. The maximum atomic E-state index is 12.9. The molecule has 3 N–H and O–H groups in total. The summed E-state index contributed by atoms with van der Waals surface area (Å²) in [6, 6.07) is 9.64. The Bertz CT molecular complexity index is 1460. The molecule has 1 fully saturated rings. The van der Waals surface area contributed by atoms with Crippen LogP contribution in [0.5, 0.6) is 0 Å². The summed E-state index contributed by atoms with van der Waals surface area (Å²) in [5.74, 6) is 1.87. The van der Waals surface area contributed by atoms with Crippen LogP contribution in [-0.2, 0) is 6.42 Å². The van der Waals surface area contributed by atoms with Crippen molar-refractivity contribution in [1.82, 2.24) is 29.8 Å². The molecule has 1 aliphatic rings. The van der Waals surface area contributed by atoms with Gasteiger partial charge in [0, 0.05) is 50.5 Å². The van der Waals surface area contributed by atoms with Gasteiger partial charge in [0.25, 0.3) is 5.56 Å². The van der Waals surface area contributed by atoms with Gasteiger partial charge in [-0.25, -0.2) is 9.97 Å². The number of H-pyrrole nitrogens is 2. The van der Waals surface area contributed by atoms with E-state index in [2.05, 4.69) is 38.9 Å². The maximum absolute atomic E-state index is 12.9. The normalized spacial score (nSPS) is 15.2. The van der Waals surface area contributed by atoms with Crippen molar-refractivity contribution in [3.05, 3.63) is 63.2 Å². The molecule has 0 amide bonds. The second kappa shape index (κ2) is 11.5. The predicted octanol–water partition coefficient (Wildman–Crippen LogP) is 4.49. The van der Waals surface area contributed by atoms with Gasteiger partial charge in [-0.05, 0) is 43.0 Å². The Kier molecular flexibility index (Phi) is 7.95. The van der Waals surface area contributed by atoms with Crippen LogP contribution in [0.1, 0.15) is 31.5 Å². The van der Waals surface area contributed by atoms with Gasteiger partial charge in [-0.3, -0.25) is 9.69 Å². The zero-order valence-corrected chi connectivity index (χ0v) is 23.0. The number of imidazole rings is 1. The molecule has 1 unspecified atom stereocenters. The number of rotatable bonds is 9. The molecule has 3 aromatic heterocycles. The van der Waals surface area contributed by atoms with E-state index in [-0.39, 0.29) is 5.56 Å². The molecular formula is C28H35ClN8O. The summed E-state index contributed by atoms with van der Waals surface area (Å²) in [6.45, 7) is 12.0. The van der Waals surface area contributed by atoms with Crippen LogP contribution in [0.2, 0.25) is 5.02 Å². The predicted molar refractivity (Wildman–Crippen MR) is 154 cm³/mol. The minimum Gasteiger partial charge on any atom is -0.384 e. The fourth-order valence-electron chi connectivity index (χ4n) is 4.88. The van der Waals surface area contributed by atoms with E-state index < -0.39 is 0 Å². The van der Waals surface area contributed by atoms with Crippen LogP contribution in [0, 0.1) is 12.8 Å². The first-order chi connectivity index (χ1) is 18.4. The monoisotopic (exact) mass is 534 g/mol. The van der Waals surface area contributed by atoms with Gasteiger partial charge in [0.15, 0.2) is 5.65 Å². The molecule has 4 aromatic rings. The molecule has 1 saturated heterocycles. The Morgan fingerprint density at radius 2 is 1.95 bits per heavy atom. The first-order valence-corrected chi connectivity index (χ1v) is 13.7. The van der Waals surface area contributed by atoms with Crippen molar-refractivity contribution in [2.24, 2.45) is 5.92 Å². The van der Waals surface area contributed by atoms with E-state index in [9.17, 15) is 4.79 Å². The standard InChI is InChI=1S/C28H35ClN8O/c1-4-18(2)17-36-12-14-37(15-13-36)28-32-19(3)24-26(35-28)34-25(33-24)23-22(9-11-31-27(23)38)30-10-8-20-6-5-7-21(29)16-20/h5-7,9,11,16,18H,4,8,10,12-15,17H2,1-3H3,(H2,30,31,38)(H,32,33,34,35). The lowest BCUT2D eigenvalue weighted by atomic mass is 10.1. The zero-order valence-electron chi connectivity index (χ0n) is 22.2. The lowest BCUT2D eigenvalue weighted by molar-refractivity contribution is 0.222. The molecule has 0 saturated carbocycles. The summed E-state index contributed by atoms with van der Waals surface area (Å²) in [7, 11) is 0. The molecule has 0 spiro atoms. The lowest BCUT2D eigenvalue weighted by Crippen LogP contribution is -2.48. The van der Waals surface area contributed by atoms with Crippen LogP contribution < -0.4 is 15.8 Å². The van der Waals surface area contributed by atoms with E-state index in [1.807, 2.05) is 37.3 Å². The Hall–Kier alpha value is -3.43. The highest BCUT2D eigenvalue weighted by Crippen LogP contribution is 2.26. The fourth-order valence-corrected chi connectivity index (χ4v) is 5.09. The highest BCUT2D eigenvalue weighted by molar-refractivity contribution is 6.30. The van der Waals surface area contributed by atoms with Gasteiger partial charge in [-0.1, -0.05) is 44.0 Å². The van der Waals surface area contributed by atoms with Crippen molar-refractivity contribution in [3.63, 3.8) is 0 Å². The van der Waals surface area contributed by atoms with E-state index >= 15 is 0 Å². The highest BCUT2D eigenvalue weighted by Gasteiger charge is 2.22. The van der Waals surface area contributed by atoms with E-state index in [4.69, 9.17) is 26.6 Å². The SMILES string of the molecule is CCC(C)CN1CCN(c2nc(C)c3[nH]c(-c4c(NCCc5cccc(Cl)c5)cc[nH]c4=O)nc3n2)CC1. The second-order valence-corrected chi connectivity index (χ2v) is 10.5. The number of fused-ring (bicyclic) bond motifs is 1. The number of nitrogens with zero attached hydrogens (tertiary/aromatic N) is 5. The summed E-state index contributed by atoms with van der Waals surface area (Å²) >= 11 is 6.11. The van der Waals surface area contributed by atoms with Crippen LogP contribution in [0.4, 0.5) is 11.6 Å². The highest BCUT2D eigenvalue weighted by atomic mass is 35.5. The Morgan fingerprint density at radius 1 is 1.13 bits per heavy atom. The van der Waals surface area contributed by atoms with Gasteiger partial charge < -0.3 is 20.2 Å². The number of hydrogen-bond donors (Lipinski definition) is 3. The average Bonchev–Trinajstić information content (AvgIpc) is 3.33. The molecule has 1 atom stereocenters. The van der Waals surface area contributed by atoms with Gasteiger partial charge in [0.1, 0.15) is 16.9 Å². The number of aromatic nitrogens is 5. The summed E-state index contributed by atoms with van der Waals surface area (Å²) in [6.07, 6.45) is 3.61. The number of nitrogens with one attached hydrogen (secondary N) is 3. The van der Waals surface area contributed by atoms with Crippen LogP contribution >= 0.6 is 11.6 Å². The summed E-state index contributed by atoms with van der Waals surface area (Å²) < 4.78 is 0. The molecule has 1 aliphatic heterocycles. The van der Waals surface area contributed by atoms with Crippen LogP contribution in [0.25, 0.3) is 22.6 Å². The molecule has 10 heteroatoms. The number of halogens is 1. The van der Waals surface area contributed by atoms with Gasteiger partial charge in [-0.2, -0.15) is 4.98 Å². The first-order valence-electron chi connectivity index (χ1n) is 13.3. The van der Waals surface area contributed by atoms with Crippen molar-refractivity contribution in [2.45, 2.75) is 33.6 Å². The van der Waals surface area contributed by atoms with Crippen LogP contribution in [0.3, 0.4) is 0 Å². The second-order valence-electron chi connectivity index (χ2n) is 10.1. The molecule has 0 bridgehead atoms. The van der Waals surface area contributed by atoms with Gasteiger partial charge in [0.05, 0.1) is 11.4 Å². The maximum Gasteiger partial charge on any atom is 0.261 e. The molecule has 5 rings (SSSR count). The zero-order chi connectivity index (χ0) is 26.6. The van der Waals surface area contributed by atoms with Gasteiger partial charge in [0.2, 0.25) is 5.95 Å². The third kappa shape index (κ3) is 5.84. The molecular weight excluding hydrogens is 500 g/mol. The molecule has 0 aliphatic carbocycles. The van der Waals surface area contributed by atoms with Gasteiger partial charge in [-0.15, -0.1) is 0 Å². The Morgan fingerprint density at radius 3 is 2.71 bits per heavy atom. The van der Waals surface area contributed by atoms with E-state index in [0.29, 0.717) is 46.2 Å². The van der Waals surface area contributed by atoms with Gasteiger partial charge >= 0.3 is 0 Å². The molecule has 9 nitrogen and oxygen atoms in total. The van der Waals surface area contributed by atoms with Crippen LogP contribution in [-0.4, -0.2) is 69.1 Å². The van der Waals surface area contributed by atoms with E-state index in [0.717, 1.165) is 55.9 Å². The van der Waals surface area contributed by atoms with E-state index in [1.165, 1.54) is 6.42 Å². The summed E-state index contributed by atoms with van der Waals surface area (Å²) in [5.41, 5.74) is 4.19. The number of anilines is 2. The number of pyridine rings is 1. The van der Waals surface area contributed by atoms with Crippen molar-refractivity contribution in [1.29, 1.82) is 0 Å². The summed E-state index contributed by atoms with van der Waals surface area (Å²) in [5, 5.41) is 4.11. The van der Waals surface area contributed by atoms with E-state index in [1.54, 1.807) is 6.20 Å². The first kappa shape index (κ1) is 26.2. The van der Waals surface area contributed by atoms with Crippen LogP contribution in [0.15, 0.2) is 41.3 Å². The quantitative estimate of drug-likeness (QED) is 0.290. The van der Waals surface area contributed by atoms with Crippen molar-refractivity contribution in [3.8, 4) is 11.4 Å². The largest absolute Gasteiger partial charge is 0.384 e. The van der Waals surface area contributed by atoms with Crippen molar-refractivity contribution < 1.29 is 0 Å². The topological polar surface area (TPSA) is 106 Å². The average molecular weight is 535 g/mol. The number of aryl methyl sites for hydroxylation is 1. The third-order valence-electron chi connectivity index (χ3n) is 7.26. The molecule has 1 aromatic carbocycles. The molecule has 38 heavy (non-hydrogen) atoms. The fraction of sp³-hybridized carbons (Fsp3) is 0.429. The molecule has 0 radical (unpaired) electrons. The lowest BCUT2D eigenvalue weighted by Gasteiger charge is -2.35. The number of hydrogen-bond acceptors (Lipinski definition) is 7. The smallest absolute Gasteiger partial charge is 0.261 e. The minimum absolute atomic E-state index is 0.222. The molecule has 4 heterocycles. The summed E-state index contributed by atoms with van der Waals surface area (Å²) in [4.78, 5) is 38.0. The van der Waals surface area contributed by atoms with Crippen molar-refractivity contribution in [2.75, 3.05) is 49.5 Å². The third-order valence-corrected chi connectivity index (χ3v) is 7.49. The Balaban J connectivity index is 1.35. The number of benzene rings is 1. The Labute approximate surface area is 227 Å². The minimum atomic E-state index is -0.222. The molecule has 200 valence electrons.